The molecule has 0 saturated carbocycles. The molecular weight excluding hydrogens is 352 g/mol. The van der Waals surface area contributed by atoms with Crippen LogP contribution in [0.5, 0.6) is 0 Å². The molecule has 0 spiro atoms. The van der Waals surface area contributed by atoms with Gasteiger partial charge in [0.2, 0.25) is 5.91 Å². The summed E-state index contributed by atoms with van der Waals surface area (Å²) >= 11 is 6.06. The van der Waals surface area contributed by atoms with Crippen LogP contribution in [0, 0.1) is 5.92 Å². The topological polar surface area (TPSA) is 62.6 Å². The predicted molar refractivity (Wildman–Crippen MR) is 101 cm³/mol. The number of nitrogens with one attached hydrogen (secondary N) is 1. The van der Waals surface area contributed by atoms with Crippen LogP contribution in [0.25, 0.3) is 6.08 Å². The van der Waals surface area contributed by atoms with E-state index in [1.165, 1.54) is 18.6 Å². The van der Waals surface area contributed by atoms with Crippen molar-refractivity contribution in [2.45, 2.75) is 12.8 Å². The van der Waals surface area contributed by atoms with Crippen LogP contribution in [-0.4, -0.2) is 36.3 Å². The molecule has 2 aromatic rings. The highest BCUT2D eigenvalue weighted by molar-refractivity contribution is 6.32. The number of amides is 2. The lowest BCUT2D eigenvalue weighted by atomic mass is 9.96. The van der Waals surface area contributed by atoms with Gasteiger partial charge >= 0.3 is 0 Å². The number of halogens is 1. The number of piperidine rings is 1. The average Bonchev–Trinajstić information content (AvgIpc) is 3.20. The minimum absolute atomic E-state index is 0.00362. The van der Waals surface area contributed by atoms with E-state index in [4.69, 9.17) is 16.0 Å². The summed E-state index contributed by atoms with van der Waals surface area (Å²) in [6, 6.07) is 9.06. The van der Waals surface area contributed by atoms with Gasteiger partial charge in [0.15, 0.2) is 0 Å². The van der Waals surface area contributed by atoms with Crippen molar-refractivity contribution in [1.82, 2.24) is 10.2 Å². The molecule has 1 fully saturated rings. The highest BCUT2D eigenvalue weighted by atomic mass is 35.5. The summed E-state index contributed by atoms with van der Waals surface area (Å²) in [5.74, 6) is 0.242. The highest BCUT2D eigenvalue weighted by Crippen LogP contribution is 2.19. The largest absolute Gasteiger partial charge is 0.472 e. The molecule has 0 atom stereocenters. The number of rotatable bonds is 5. The quantitative estimate of drug-likeness (QED) is 0.815. The van der Waals surface area contributed by atoms with Gasteiger partial charge in [0.25, 0.3) is 5.91 Å². The Kier molecular flexibility index (Phi) is 6.12. The van der Waals surface area contributed by atoms with Gasteiger partial charge in [0.05, 0.1) is 11.8 Å². The number of likely N-dealkylation sites (tertiary alicyclic amines) is 1. The first-order chi connectivity index (χ1) is 12.6. The predicted octanol–water partition coefficient (Wildman–Crippen LogP) is 3.61. The molecule has 0 radical (unpaired) electrons. The Morgan fingerprint density at radius 2 is 2.00 bits per heavy atom. The molecule has 1 N–H and O–H groups in total. The fraction of sp³-hybridized carbons (Fsp3) is 0.300. The van der Waals surface area contributed by atoms with E-state index in [9.17, 15) is 9.59 Å². The zero-order valence-corrected chi connectivity index (χ0v) is 15.1. The first-order valence-corrected chi connectivity index (χ1v) is 9.03. The van der Waals surface area contributed by atoms with E-state index in [0.29, 0.717) is 36.1 Å². The average molecular weight is 373 g/mol. The second-order valence-electron chi connectivity index (χ2n) is 6.35. The van der Waals surface area contributed by atoms with E-state index in [1.807, 2.05) is 23.1 Å². The fourth-order valence-electron chi connectivity index (χ4n) is 2.99. The molecule has 136 valence electrons. The lowest BCUT2D eigenvalue weighted by molar-refractivity contribution is -0.116. The monoisotopic (exact) mass is 372 g/mol. The third-order valence-corrected chi connectivity index (χ3v) is 4.90. The summed E-state index contributed by atoms with van der Waals surface area (Å²) in [5, 5.41) is 3.54. The minimum atomic E-state index is -0.137. The molecule has 1 aliphatic heterocycles. The number of benzene rings is 1. The Hall–Kier alpha value is -2.53. The third kappa shape index (κ3) is 4.76. The molecule has 6 heteroatoms. The summed E-state index contributed by atoms with van der Waals surface area (Å²) in [6.45, 7) is 2.00. The number of furan rings is 1. The zero-order chi connectivity index (χ0) is 18.4. The number of hydrogen-bond donors (Lipinski definition) is 1. The molecule has 5 nitrogen and oxygen atoms in total. The van der Waals surface area contributed by atoms with Crippen LogP contribution >= 0.6 is 11.6 Å². The summed E-state index contributed by atoms with van der Waals surface area (Å²) in [5.41, 5.74) is 1.40. The van der Waals surface area contributed by atoms with E-state index in [-0.39, 0.29) is 11.8 Å². The van der Waals surface area contributed by atoms with Gasteiger partial charge < -0.3 is 14.6 Å². The van der Waals surface area contributed by atoms with Crippen LogP contribution in [0.1, 0.15) is 28.8 Å². The van der Waals surface area contributed by atoms with Crippen LogP contribution < -0.4 is 5.32 Å². The van der Waals surface area contributed by atoms with Gasteiger partial charge in [0, 0.05) is 30.7 Å². The Morgan fingerprint density at radius 3 is 2.69 bits per heavy atom. The number of nitrogens with zero attached hydrogens (tertiary/aromatic N) is 1. The highest BCUT2D eigenvalue weighted by Gasteiger charge is 2.24. The smallest absolute Gasteiger partial charge is 0.257 e. The maximum absolute atomic E-state index is 12.3. The number of hydrogen-bond acceptors (Lipinski definition) is 3. The molecule has 1 saturated heterocycles. The van der Waals surface area contributed by atoms with E-state index in [1.54, 1.807) is 18.2 Å². The molecule has 1 aromatic carbocycles. The number of carbonyl (C=O) groups excluding carboxylic acids is 2. The molecule has 3 rings (SSSR count). The summed E-state index contributed by atoms with van der Waals surface area (Å²) < 4.78 is 4.97. The van der Waals surface area contributed by atoms with Gasteiger partial charge in [-0.15, -0.1) is 0 Å². The first kappa shape index (κ1) is 18.3. The van der Waals surface area contributed by atoms with E-state index in [0.717, 1.165) is 18.4 Å². The molecule has 2 amide bonds. The second-order valence-corrected chi connectivity index (χ2v) is 6.75. The standard InChI is InChI=1S/C20H21ClN2O3/c21-18-4-2-1-3-16(18)5-6-19(24)22-13-15-7-10-23(11-8-15)20(25)17-9-12-26-14-17/h1-6,9,12,14-15H,7-8,10-11,13H2,(H,22,24)/b6-5+. The van der Waals surface area contributed by atoms with E-state index in [2.05, 4.69) is 5.32 Å². The van der Waals surface area contributed by atoms with Crippen molar-refractivity contribution in [2.75, 3.05) is 19.6 Å². The normalized spacial score (nSPS) is 15.3. The van der Waals surface area contributed by atoms with Crippen molar-refractivity contribution in [3.05, 3.63) is 65.1 Å². The Labute approximate surface area is 157 Å². The van der Waals surface area contributed by atoms with Gasteiger partial charge in [-0.1, -0.05) is 29.8 Å². The van der Waals surface area contributed by atoms with Gasteiger partial charge in [-0.3, -0.25) is 9.59 Å². The van der Waals surface area contributed by atoms with E-state index >= 15 is 0 Å². The summed E-state index contributed by atoms with van der Waals surface area (Å²) in [6.07, 6.45) is 7.93. The zero-order valence-electron chi connectivity index (χ0n) is 14.4. The lowest BCUT2D eigenvalue weighted by Crippen LogP contribution is -2.41. The molecule has 2 heterocycles. The van der Waals surface area contributed by atoms with Crippen molar-refractivity contribution in [3.63, 3.8) is 0 Å². The Bertz CT molecular complexity index is 778. The van der Waals surface area contributed by atoms with Crippen molar-refractivity contribution in [2.24, 2.45) is 5.92 Å². The van der Waals surface area contributed by atoms with Crippen LogP contribution in [0.3, 0.4) is 0 Å². The molecule has 1 aromatic heterocycles. The van der Waals surface area contributed by atoms with E-state index < -0.39 is 0 Å². The van der Waals surface area contributed by atoms with Crippen molar-refractivity contribution in [1.29, 1.82) is 0 Å². The SMILES string of the molecule is O=C(/C=C/c1ccccc1Cl)NCC1CCN(C(=O)c2ccoc2)CC1. The summed E-state index contributed by atoms with van der Waals surface area (Å²) in [4.78, 5) is 26.1. The van der Waals surface area contributed by atoms with Gasteiger partial charge in [-0.25, -0.2) is 0 Å². The second kappa shape index (κ2) is 8.72. The van der Waals surface area contributed by atoms with Crippen molar-refractivity contribution in [3.8, 4) is 0 Å². The summed E-state index contributed by atoms with van der Waals surface area (Å²) in [7, 11) is 0. The van der Waals surface area contributed by atoms with Gasteiger partial charge in [-0.2, -0.15) is 0 Å². The van der Waals surface area contributed by atoms with Crippen molar-refractivity contribution >= 4 is 29.5 Å². The molecule has 0 bridgehead atoms. The minimum Gasteiger partial charge on any atom is -0.472 e. The van der Waals surface area contributed by atoms with Crippen LogP contribution in [-0.2, 0) is 4.79 Å². The van der Waals surface area contributed by atoms with Gasteiger partial charge in [-0.05, 0) is 42.5 Å². The Balaban J connectivity index is 1.41. The van der Waals surface area contributed by atoms with Crippen LogP contribution in [0.4, 0.5) is 0 Å². The maximum Gasteiger partial charge on any atom is 0.257 e. The van der Waals surface area contributed by atoms with Crippen LogP contribution in [0.15, 0.2) is 53.4 Å². The molecule has 26 heavy (non-hydrogen) atoms. The molecular formula is C20H21ClN2O3. The molecule has 0 unspecified atom stereocenters. The number of carbonyl (C=O) groups is 2. The Morgan fingerprint density at radius 1 is 1.23 bits per heavy atom. The van der Waals surface area contributed by atoms with Crippen LogP contribution in [0.2, 0.25) is 5.02 Å². The van der Waals surface area contributed by atoms with Crippen molar-refractivity contribution < 1.29 is 14.0 Å². The maximum atomic E-state index is 12.3. The molecule has 0 aliphatic carbocycles. The first-order valence-electron chi connectivity index (χ1n) is 8.65. The third-order valence-electron chi connectivity index (χ3n) is 4.55. The molecule has 1 aliphatic rings. The van der Waals surface area contributed by atoms with Gasteiger partial charge in [0.1, 0.15) is 6.26 Å². The lowest BCUT2D eigenvalue weighted by Gasteiger charge is -2.31. The fourth-order valence-corrected chi connectivity index (χ4v) is 3.19.